The van der Waals surface area contributed by atoms with Gasteiger partial charge >= 0.3 is 6.18 Å². The summed E-state index contributed by atoms with van der Waals surface area (Å²) in [5, 5.41) is 0. The first-order valence-corrected chi connectivity index (χ1v) is 8.43. The van der Waals surface area contributed by atoms with Crippen molar-refractivity contribution < 1.29 is 13.2 Å². The van der Waals surface area contributed by atoms with Gasteiger partial charge in [0.1, 0.15) is 5.82 Å². The molecule has 1 atom stereocenters. The lowest BCUT2D eigenvalue weighted by Gasteiger charge is -2.19. The van der Waals surface area contributed by atoms with Gasteiger partial charge in [-0.2, -0.15) is 13.2 Å². The largest absolute Gasteiger partial charge is 0.395 e. The first-order valence-electron chi connectivity index (χ1n) is 7.44. The molecule has 1 heterocycles. The van der Waals surface area contributed by atoms with Gasteiger partial charge in [-0.05, 0) is 17.9 Å². The maximum Gasteiger partial charge on any atom is 0.395 e. The van der Waals surface area contributed by atoms with Crippen LogP contribution >= 0.6 is 11.8 Å². The number of thioether (sulfide) groups is 1. The summed E-state index contributed by atoms with van der Waals surface area (Å²) in [5.41, 5.74) is 2.24. The molecule has 0 saturated carbocycles. The summed E-state index contributed by atoms with van der Waals surface area (Å²) in [5.74, 6) is 0.203. The Hall–Kier alpha value is -1.69. The van der Waals surface area contributed by atoms with E-state index < -0.39 is 12.1 Å². The fourth-order valence-electron chi connectivity index (χ4n) is 2.81. The molecule has 122 valence electrons. The van der Waals surface area contributed by atoms with Crippen LogP contribution in [0.1, 0.15) is 18.3 Å². The number of hydrogen-bond acceptors (Lipinski definition) is 2. The van der Waals surface area contributed by atoms with E-state index in [4.69, 9.17) is 0 Å². The van der Waals surface area contributed by atoms with Gasteiger partial charge in [-0.3, -0.25) is 0 Å². The Morgan fingerprint density at radius 2 is 2.04 bits per heavy atom. The molecule has 3 rings (SSSR count). The Kier molecular flexibility index (Phi) is 4.27. The van der Waals surface area contributed by atoms with Crippen LogP contribution in [-0.4, -0.2) is 21.5 Å². The molecular weight excluding hydrogens is 321 g/mol. The van der Waals surface area contributed by atoms with Gasteiger partial charge in [0, 0.05) is 23.9 Å². The second kappa shape index (κ2) is 6.07. The highest BCUT2D eigenvalue weighted by molar-refractivity contribution is 7.99. The highest BCUT2D eigenvalue weighted by atomic mass is 32.2. The van der Waals surface area contributed by atoms with Crippen molar-refractivity contribution in [1.82, 2.24) is 9.55 Å². The quantitative estimate of drug-likeness (QED) is 0.737. The molecule has 23 heavy (non-hydrogen) atoms. The van der Waals surface area contributed by atoms with Crippen molar-refractivity contribution in [2.24, 2.45) is 13.0 Å². The number of allylic oxidation sites excluding steroid dienone is 1. The highest BCUT2D eigenvalue weighted by Crippen LogP contribution is 2.37. The van der Waals surface area contributed by atoms with E-state index in [9.17, 15) is 13.2 Å². The average molecular weight is 338 g/mol. The third kappa shape index (κ3) is 3.04. The first kappa shape index (κ1) is 16.2. The lowest BCUT2D eigenvalue weighted by atomic mass is 9.96. The van der Waals surface area contributed by atoms with Crippen molar-refractivity contribution in [2.45, 2.75) is 24.4 Å². The van der Waals surface area contributed by atoms with Crippen molar-refractivity contribution in [2.75, 3.05) is 5.75 Å². The van der Waals surface area contributed by atoms with E-state index in [0.717, 1.165) is 27.7 Å². The number of imidazole rings is 1. The van der Waals surface area contributed by atoms with Crippen LogP contribution in [0, 0.1) is 5.92 Å². The predicted octanol–water partition coefficient (Wildman–Crippen LogP) is 4.95. The summed E-state index contributed by atoms with van der Waals surface area (Å²) in [4.78, 5) is 5.62. The zero-order valence-electron chi connectivity index (χ0n) is 12.9. The fourth-order valence-corrected chi connectivity index (χ4v) is 3.61. The van der Waals surface area contributed by atoms with Crippen LogP contribution in [0.4, 0.5) is 13.2 Å². The molecule has 0 amide bonds. The van der Waals surface area contributed by atoms with Gasteiger partial charge in [-0.25, -0.2) is 4.98 Å². The number of aromatic nitrogens is 2. The molecule has 0 radical (unpaired) electrons. The number of alkyl halides is 3. The molecule has 1 aliphatic rings. The standard InChI is InChI=1S/C17H17F3N2S/c1-3-23-15-7-5-4-6-12(15)16-21-13-10-11(17(18,19)20)8-9-14(13)22(16)2/h4-9,11H,3,10H2,1-2H3. The van der Waals surface area contributed by atoms with Gasteiger partial charge in [-0.15, -0.1) is 11.8 Å². The third-order valence-corrected chi connectivity index (χ3v) is 4.92. The molecule has 1 aromatic heterocycles. The monoisotopic (exact) mass is 338 g/mol. The van der Waals surface area contributed by atoms with Crippen LogP contribution < -0.4 is 0 Å². The summed E-state index contributed by atoms with van der Waals surface area (Å²) in [6.07, 6.45) is -1.53. The summed E-state index contributed by atoms with van der Waals surface area (Å²) in [6.45, 7) is 2.07. The molecule has 1 aromatic carbocycles. The Morgan fingerprint density at radius 3 is 2.74 bits per heavy atom. The Balaban J connectivity index is 2.03. The van der Waals surface area contributed by atoms with Crippen molar-refractivity contribution >= 4 is 17.8 Å². The highest BCUT2D eigenvalue weighted by Gasteiger charge is 2.40. The van der Waals surface area contributed by atoms with E-state index in [1.807, 2.05) is 35.9 Å². The average Bonchev–Trinajstić information content (AvgIpc) is 2.84. The second-order valence-corrected chi connectivity index (χ2v) is 6.77. The zero-order valence-corrected chi connectivity index (χ0v) is 13.7. The normalized spacial score (nSPS) is 17.3. The Bertz CT molecular complexity index is 747. The van der Waals surface area contributed by atoms with Gasteiger partial charge in [0.05, 0.1) is 17.3 Å². The Morgan fingerprint density at radius 1 is 1.30 bits per heavy atom. The molecular formula is C17H17F3N2S. The zero-order chi connectivity index (χ0) is 16.6. The topological polar surface area (TPSA) is 17.8 Å². The molecule has 0 spiro atoms. The Labute approximate surface area is 137 Å². The summed E-state index contributed by atoms with van der Waals surface area (Å²) < 4.78 is 40.7. The maximum atomic E-state index is 12.9. The van der Waals surface area contributed by atoms with Crippen LogP contribution in [0.25, 0.3) is 17.5 Å². The van der Waals surface area contributed by atoms with E-state index >= 15 is 0 Å². The van der Waals surface area contributed by atoms with Gasteiger partial charge in [0.25, 0.3) is 0 Å². The minimum Gasteiger partial charge on any atom is -0.327 e. The maximum absolute atomic E-state index is 12.9. The van der Waals surface area contributed by atoms with Gasteiger partial charge in [0.15, 0.2) is 0 Å². The van der Waals surface area contributed by atoms with E-state index in [1.54, 1.807) is 17.8 Å². The van der Waals surface area contributed by atoms with Crippen LogP contribution in [-0.2, 0) is 13.5 Å². The fraction of sp³-hybridized carbons (Fsp3) is 0.353. The van der Waals surface area contributed by atoms with Crippen molar-refractivity contribution in [3.8, 4) is 11.4 Å². The molecule has 2 aromatic rings. The molecule has 0 fully saturated rings. The molecule has 0 saturated heterocycles. The lowest BCUT2D eigenvalue weighted by Crippen LogP contribution is -2.25. The van der Waals surface area contributed by atoms with Crippen LogP contribution in [0.5, 0.6) is 0 Å². The van der Waals surface area contributed by atoms with E-state index in [2.05, 4.69) is 11.9 Å². The lowest BCUT2D eigenvalue weighted by molar-refractivity contribution is -0.160. The minimum absolute atomic E-state index is 0.0910. The molecule has 0 N–H and O–H groups in total. The summed E-state index contributed by atoms with van der Waals surface area (Å²) in [6, 6.07) is 7.88. The third-order valence-electron chi connectivity index (χ3n) is 3.96. The number of hydrogen-bond donors (Lipinski definition) is 0. The van der Waals surface area contributed by atoms with Gasteiger partial charge < -0.3 is 4.57 Å². The summed E-state index contributed by atoms with van der Waals surface area (Å²) >= 11 is 1.70. The van der Waals surface area contributed by atoms with Crippen molar-refractivity contribution in [3.05, 3.63) is 41.7 Å². The summed E-state index contributed by atoms with van der Waals surface area (Å²) in [7, 11) is 1.85. The number of fused-ring (bicyclic) bond motifs is 1. The van der Waals surface area contributed by atoms with Crippen molar-refractivity contribution in [3.63, 3.8) is 0 Å². The molecule has 1 aliphatic carbocycles. The number of nitrogens with zero attached hydrogens (tertiary/aromatic N) is 2. The molecule has 2 nitrogen and oxygen atoms in total. The molecule has 0 bridgehead atoms. The van der Waals surface area contributed by atoms with Crippen LogP contribution in [0.15, 0.2) is 35.2 Å². The van der Waals surface area contributed by atoms with E-state index in [0.29, 0.717) is 5.69 Å². The second-order valence-electron chi connectivity index (χ2n) is 5.47. The van der Waals surface area contributed by atoms with E-state index in [1.165, 1.54) is 6.08 Å². The van der Waals surface area contributed by atoms with Crippen LogP contribution in [0.2, 0.25) is 0 Å². The van der Waals surface area contributed by atoms with E-state index in [-0.39, 0.29) is 6.42 Å². The van der Waals surface area contributed by atoms with Gasteiger partial charge in [0.2, 0.25) is 0 Å². The first-order chi connectivity index (χ1) is 10.9. The molecule has 6 heteroatoms. The molecule has 1 unspecified atom stereocenters. The van der Waals surface area contributed by atoms with Crippen molar-refractivity contribution in [1.29, 1.82) is 0 Å². The van der Waals surface area contributed by atoms with Gasteiger partial charge in [-0.1, -0.05) is 31.2 Å². The number of rotatable bonds is 3. The number of halogens is 3. The SMILES string of the molecule is CCSc1ccccc1-c1nc2c(n1C)C=CC(C(F)(F)F)C2. The smallest absolute Gasteiger partial charge is 0.327 e. The van der Waals surface area contributed by atoms with Crippen LogP contribution in [0.3, 0.4) is 0 Å². The predicted molar refractivity (Wildman–Crippen MR) is 87.3 cm³/mol. The minimum atomic E-state index is -4.22. The molecule has 0 aliphatic heterocycles. The number of benzene rings is 1.